The lowest BCUT2D eigenvalue weighted by atomic mass is 9.87. The number of halogens is 1. The third-order valence-corrected chi connectivity index (χ3v) is 5.42. The summed E-state index contributed by atoms with van der Waals surface area (Å²) in [6.07, 6.45) is 8.05. The summed E-state index contributed by atoms with van der Waals surface area (Å²) in [6.45, 7) is 2.29. The Hall–Kier alpha value is -2.96. The summed E-state index contributed by atoms with van der Waals surface area (Å²) in [6, 6.07) is 6.65. The number of carbonyl (C=O) groups excluding carboxylic acids is 1. The van der Waals surface area contributed by atoms with Crippen LogP contribution in [-0.4, -0.2) is 27.8 Å². The smallest absolute Gasteiger partial charge is 0.277 e. The van der Waals surface area contributed by atoms with Crippen molar-refractivity contribution in [2.45, 2.75) is 38.6 Å². The number of anilines is 1. The van der Waals surface area contributed by atoms with Crippen LogP contribution in [0.15, 0.2) is 36.7 Å². The zero-order valence-corrected chi connectivity index (χ0v) is 16.0. The predicted molar refractivity (Wildman–Crippen MR) is 105 cm³/mol. The second-order valence-corrected chi connectivity index (χ2v) is 7.42. The van der Waals surface area contributed by atoms with Crippen LogP contribution in [0.2, 0.25) is 0 Å². The second kappa shape index (κ2) is 7.58. The van der Waals surface area contributed by atoms with Crippen LogP contribution >= 0.6 is 0 Å². The van der Waals surface area contributed by atoms with Crippen LogP contribution in [0.4, 0.5) is 10.1 Å². The van der Waals surface area contributed by atoms with E-state index in [-0.39, 0.29) is 5.69 Å². The number of hydrogen-bond acceptors (Lipinski definition) is 4. The Kier molecular flexibility index (Phi) is 4.98. The third-order valence-electron chi connectivity index (χ3n) is 5.42. The summed E-state index contributed by atoms with van der Waals surface area (Å²) < 4.78 is 21.3. The van der Waals surface area contributed by atoms with Crippen molar-refractivity contribution < 1.29 is 13.9 Å². The molecule has 1 N–H and O–H groups in total. The van der Waals surface area contributed by atoms with E-state index in [0.717, 1.165) is 29.7 Å². The van der Waals surface area contributed by atoms with Crippen molar-refractivity contribution >= 4 is 22.5 Å². The van der Waals surface area contributed by atoms with Crippen molar-refractivity contribution in [3.8, 4) is 5.75 Å². The molecule has 1 aliphatic rings. The molecule has 1 fully saturated rings. The average Bonchev–Trinajstić information content (AvgIpc) is 3.11. The zero-order chi connectivity index (χ0) is 19.7. The first-order chi connectivity index (χ1) is 13.5. The van der Waals surface area contributed by atoms with Gasteiger partial charge in [-0.3, -0.25) is 9.48 Å². The number of benzene rings is 1. The Morgan fingerprint density at radius 1 is 1.29 bits per heavy atom. The lowest BCUT2D eigenvalue weighted by Gasteiger charge is -2.26. The fourth-order valence-corrected chi connectivity index (χ4v) is 3.77. The van der Waals surface area contributed by atoms with Gasteiger partial charge in [0.25, 0.3) is 5.91 Å². The van der Waals surface area contributed by atoms with Gasteiger partial charge in [0.1, 0.15) is 5.75 Å². The van der Waals surface area contributed by atoms with Crippen LogP contribution in [0.25, 0.3) is 10.9 Å². The Balaban J connectivity index is 1.63. The molecule has 0 atom stereocenters. The van der Waals surface area contributed by atoms with Gasteiger partial charge in [-0.2, -0.15) is 5.10 Å². The van der Waals surface area contributed by atoms with Gasteiger partial charge in [-0.1, -0.05) is 6.92 Å². The highest BCUT2D eigenvalue weighted by molar-refractivity contribution is 6.05. The number of methoxy groups -OCH3 is 1. The van der Waals surface area contributed by atoms with Crippen LogP contribution in [-0.2, 0) is 0 Å². The van der Waals surface area contributed by atoms with E-state index in [4.69, 9.17) is 9.84 Å². The third kappa shape index (κ3) is 3.56. The van der Waals surface area contributed by atoms with Crippen molar-refractivity contribution in [1.29, 1.82) is 0 Å². The largest absolute Gasteiger partial charge is 0.494 e. The normalized spacial score (nSPS) is 19.5. The molecular formula is C21H23FN4O2. The first-order valence-corrected chi connectivity index (χ1v) is 9.54. The molecule has 0 spiro atoms. The number of ether oxygens (including phenoxy) is 1. The zero-order valence-electron chi connectivity index (χ0n) is 16.0. The average molecular weight is 382 g/mol. The molecule has 0 bridgehead atoms. The molecule has 1 saturated carbocycles. The molecule has 4 rings (SSSR count). The maximum atomic E-state index is 13.8. The molecule has 0 unspecified atom stereocenters. The topological polar surface area (TPSA) is 69.0 Å². The fourth-order valence-electron chi connectivity index (χ4n) is 3.77. The molecule has 146 valence electrons. The number of aromatic nitrogens is 3. The molecular weight excluding hydrogens is 359 g/mol. The summed E-state index contributed by atoms with van der Waals surface area (Å²) >= 11 is 0. The minimum atomic E-state index is -0.667. The number of fused-ring (bicyclic) bond motifs is 1. The highest BCUT2D eigenvalue weighted by Gasteiger charge is 2.21. The summed E-state index contributed by atoms with van der Waals surface area (Å²) in [5.74, 6) is -0.0429. The van der Waals surface area contributed by atoms with E-state index < -0.39 is 11.7 Å². The van der Waals surface area contributed by atoms with Gasteiger partial charge < -0.3 is 10.1 Å². The molecule has 0 aliphatic heterocycles. The second-order valence-electron chi connectivity index (χ2n) is 7.42. The van der Waals surface area contributed by atoms with Gasteiger partial charge in [0.05, 0.1) is 24.4 Å². The van der Waals surface area contributed by atoms with Crippen molar-refractivity contribution in [1.82, 2.24) is 14.8 Å². The molecule has 1 amide bonds. The van der Waals surface area contributed by atoms with Gasteiger partial charge in [0.2, 0.25) is 0 Å². The van der Waals surface area contributed by atoms with Gasteiger partial charge in [0, 0.05) is 23.8 Å². The highest BCUT2D eigenvalue weighted by Crippen LogP contribution is 2.34. The van der Waals surface area contributed by atoms with Gasteiger partial charge in [0.15, 0.2) is 11.5 Å². The van der Waals surface area contributed by atoms with Gasteiger partial charge in [-0.25, -0.2) is 9.37 Å². The summed E-state index contributed by atoms with van der Waals surface area (Å²) in [7, 11) is 1.53. The van der Waals surface area contributed by atoms with Gasteiger partial charge >= 0.3 is 0 Å². The number of pyridine rings is 1. The van der Waals surface area contributed by atoms with Crippen molar-refractivity contribution in [2.75, 3.05) is 12.4 Å². The van der Waals surface area contributed by atoms with E-state index in [0.29, 0.717) is 17.5 Å². The molecule has 3 aromatic rings. The standard InChI is InChI=1S/C21H23FN4O2/c1-13-5-7-15(8-6-13)26-12-14-10-18(19(28-2)11-17(14)25-26)24-21(27)20-16(22)4-3-9-23-20/h3-4,9-13,15H,5-8H2,1-2H3,(H,24,27)/t13-,15-. The van der Waals surface area contributed by atoms with Crippen LogP contribution in [0.1, 0.15) is 49.1 Å². The molecule has 1 aromatic carbocycles. The van der Waals surface area contributed by atoms with Crippen molar-refractivity contribution in [3.63, 3.8) is 0 Å². The first kappa shape index (κ1) is 18.4. The number of amides is 1. The Morgan fingerprint density at radius 2 is 2.07 bits per heavy atom. The van der Waals surface area contributed by atoms with Gasteiger partial charge in [-0.15, -0.1) is 0 Å². The minimum absolute atomic E-state index is 0.253. The van der Waals surface area contributed by atoms with Crippen LogP contribution in [0, 0.1) is 11.7 Å². The minimum Gasteiger partial charge on any atom is -0.494 e. The molecule has 6 nitrogen and oxygen atoms in total. The number of nitrogens with zero attached hydrogens (tertiary/aromatic N) is 3. The molecule has 2 aromatic heterocycles. The van der Waals surface area contributed by atoms with E-state index in [1.807, 2.05) is 16.9 Å². The number of carbonyl (C=O) groups is 1. The SMILES string of the molecule is COc1cc2nn([C@H]3CC[C@H](C)CC3)cc2cc1NC(=O)c1ncccc1F. The molecule has 28 heavy (non-hydrogen) atoms. The Bertz CT molecular complexity index is 1010. The quantitative estimate of drug-likeness (QED) is 0.717. The van der Waals surface area contributed by atoms with Crippen LogP contribution < -0.4 is 10.1 Å². The van der Waals surface area contributed by atoms with E-state index in [1.54, 1.807) is 6.07 Å². The van der Waals surface area contributed by atoms with Gasteiger partial charge in [-0.05, 0) is 49.8 Å². The van der Waals surface area contributed by atoms with Crippen molar-refractivity contribution in [3.05, 3.63) is 48.2 Å². The van der Waals surface area contributed by atoms with Crippen LogP contribution in [0.3, 0.4) is 0 Å². The summed E-state index contributed by atoms with van der Waals surface area (Å²) in [5.41, 5.74) is 1.01. The van der Waals surface area contributed by atoms with E-state index in [9.17, 15) is 9.18 Å². The van der Waals surface area contributed by atoms with Crippen molar-refractivity contribution in [2.24, 2.45) is 5.92 Å². The van der Waals surface area contributed by atoms with E-state index >= 15 is 0 Å². The number of rotatable bonds is 4. The highest BCUT2D eigenvalue weighted by atomic mass is 19.1. The molecule has 0 saturated heterocycles. The molecule has 2 heterocycles. The summed E-state index contributed by atoms with van der Waals surface area (Å²) in [5, 5.41) is 8.32. The first-order valence-electron chi connectivity index (χ1n) is 9.54. The predicted octanol–water partition coefficient (Wildman–Crippen LogP) is 4.58. The number of nitrogens with one attached hydrogen (secondary N) is 1. The maximum Gasteiger partial charge on any atom is 0.277 e. The van der Waals surface area contributed by atoms with E-state index in [2.05, 4.69) is 17.2 Å². The monoisotopic (exact) mass is 382 g/mol. The molecule has 1 aliphatic carbocycles. The lowest BCUT2D eigenvalue weighted by Crippen LogP contribution is -2.16. The maximum absolute atomic E-state index is 13.8. The lowest BCUT2D eigenvalue weighted by molar-refractivity contribution is 0.101. The Labute approximate surface area is 162 Å². The fraction of sp³-hybridized carbons (Fsp3) is 0.381. The Morgan fingerprint density at radius 3 is 2.79 bits per heavy atom. The molecule has 0 radical (unpaired) electrons. The summed E-state index contributed by atoms with van der Waals surface area (Å²) in [4.78, 5) is 16.3. The van der Waals surface area contributed by atoms with E-state index in [1.165, 1.54) is 38.3 Å². The molecule has 7 heteroatoms. The number of hydrogen-bond donors (Lipinski definition) is 1. The van der Waals surface area contributed by atoms with Crippen LogP contribution in [0.5, 0.6) is 5.75 Å².